The first kappa shape index (κ1) is 8.23. The highest BCUT2D eigenvalue weighted by Gasteiger charge is 2.13. The maximum absolute atomic E-state index is 3.95. The van der Waals surface area contributed by atoms with Gasteiger partial charge in [-0.1, -0.05) is 26.8 Å². The average Bonchev–Trinajstić information content (AvgIpc) is 2.47. The molecular weight excluding hydrogens is 162 g/mol. The first-order valence-corrected chi connectivity index (χ1v) is 4.37. The van der Waals surface area contributed by atoms with Gasteiger partial charge >= 0.3 is 0 Å². The zero-order chi connectivity index (χ0) is 9.47. The molecule has 2 heterocycles. The fourth-order valence-electron chi connectivity index (χ4n) is 1.27. The van der Waals surface area contributed by atoms with Crippen LogP contribution in [0.25, 0.3) is 5.65 Å². The standard InChI is InChI=1S/C10H13N3/c1-10(2,3)8-4-5-9-12-11-7-13(9)6-8/h4-7H,1-3H3. The molecule has 0 aromatic carbocycles. The number of nitrogens with zero attached hydrogens (tertiary/aromatic N) is 3. The van der Waals surface area contributed by atoms with E-state index in [1.165, 1.54) is 5.56 Å². The van der Waals surface area contributed by atoms with Gasteiger partial charge in [0.1, 0.15) is 6.33 Å². The molecule has 2 aromatic rings. The van der Waals surface area contributed by atoms with Crippen molar-refractivity contribution in [2.75, 3.05) is 0 Å². The van der Waals surface area contributed by atoms with Crippen molar-refractivity contribution in [3.8, 4) is 0 Å². The summed E-state index contributed by atoms with van der Waals surface area (Å²) in [6, 6.07) is 4.09. The van der Waals surface area contributed by atoms with Gasteiger partial charge in [0, 0.05) is 6.20 Å². The van der Waals surface area contributed by atoms with Crippen LogP contribution >= 0.6 is 0 Å². The van der Waals surface area contributed by atoms with E-state index in [2.05, 4.69) is 43.2 Å². The molecule has 3 heteroatoms. The number of aromatic nitrogens is 3. The highest BCUT2D eigenvalue weighted by Crippen LogP contribution is 2.21. The Morgan fingerprint density at radius 1 is 1.23 bits per heavy atom. The quantitative estimate of drug-likeness (QED) is 0.613. The van der Waals surface area contributed by atoms with Crippen LogP contribution in [0.1, 0.15) is 26.3 Å². The Bertz CT molecular complexity index is 423. The molecule has 0 saturated heterocycles. The summed E-state index contributed by atoms with van der Waals surface area (Å²) in [5, 5.41) is 7.79. The van der Waals surface area contributed by atoms with Crippen molar-refractivity contribution in [3.63, 3.8) is 0 Å². The molecule has 0 fully saturated rings. The van der Waals surface area contributed by atoms with Crippen molar-refractivity contribution >= 4 is 5.65 Å². The van der Waals surface area contributed by atoms with Crippen molar-refractivity contribution in [3.05, 3.63) is 30.2 Å². The number of hydrogen-bond acceptors (Lipinski definition) is 2. The van der Waals surface area contributed by atoms with Gasteiger partial charge in [-0.3, -0.25) is 4.40 Å². The summed E-state index contributed by atoms with van der Waals surface area (Å²) in [4.78, 5) is 0. The van der Waals surface area contributed by atoms with Crippen LogP contribution in [0.3, 0.4) is 0 Å². The molecule has 0 saturated carbocycles. The van der Waals surface area contributed by atoms with E-state index in [1.54, 1.807) is 6.33 Å². The van der Waals surface area contributed by atoms with Gasteiger partial charge in [0.15, 0.2) is 5.65 Å². The van der Waals surface area contributed by atoms with Gasteiger partial charge in [-0.05, 0) is 17.0 Å². The lowest BCUT2D eigenvalue weighted by molar-refractivity contribution is 0.586. The Hall–Kier alpha value is -1.38. The molecule has 2 rings (SSSR count). The molecule has 0 N–H and O–H groups in total. The molecule has 0 aliphatic rings. The Morgan fingerprint density at radius 3 is 2.69 bits per heavy atom. The second kappa shape index (κ2) is 2.55. The number of hydrogen-bond donors (Lipinski definition) is 0. The molecule has 2 aromatic heterocycles. The third-order valence-electron chi connectivity index (χ3n) is 2.16. The highest BCUT2D eigenvalue weighted by molar-refractivity contribution is 5.39. The van der Waals surface area contributed by atoms with Crippen LogP contribution in [0.4, 0.5) is 0 Å². The third kappa shape index (κ3) is 1.41. The molecule has 68 valence electrons. The SMILES string of the molecule is CC(C)(C)c1ccc2nncn2c1. The lowest BCUT2D eigenvalue weighted by Crippen LogP contribution is -2.11. The Balaban J connectivity index is 2.61. The molecule has 0 bridgehead atoms. The fourth-order valence-corrected chi connectivity index (χ4v) is 1.27. The topological polar surface area (TPSA) is 30.2 Å². The average molecular weight is 175 g/mol. The van der Waals surface area contributed by atoms with E-state index in [1.807, 2.05) is 10.5 Å². The molecule has 0 radical (unpaired) electrons. The Kier molecular flexibility index (Phi) is 1.62. The fraction of sp³-hybridized carbons (Fsp3) is 0.400. The van der Waals surface area contributed by atoms with Crippen LogP contribution in [0.2, 0.25) is 0 Å². The normalized spacial score (nSPS) is 12.2. The number of fused-ring (bicyclic) bond motifs is 1. The second-order valence-corrected chi connectivity index (χ2v) is 4.26. The third-order valence-corrected chi connectivity index (χ3v) is 2.16. The molecule has 0 unspecified atom stereocenters. The molecular formula is C10H13N3. The minimum atomic E-state index is 0.179. The number of pyridine rings is 1. The molecule has 0 amide bonds. The predicted molar refractivity (Wildman–Crippen MR) is 51.7 cm³/mol. The van der Waals surface area contributed by atoms with Crippen LogP contribution in [0, 0.1) is 0 Å². The maximum Gasteiger partial charge on any atom is 0.160 e. The van der Waals surface area contributed by atoms with E-state index < -0.39 is 0 Å². The van der Waals surface area contributed by atoms with E-state index in [9.17, 15) is 0 Å². The summed E-state index contributed by atoms with van der Waals surface area (Å²) in [6.45, 7) is 6.58. The first-order chi connectivity index (χ1) is 6.07. The van der Waals surface area contributed by atoms with E-state index in [4.69, 9.17) is 0 Å². The summed E-state index contributed by atoms with van der Waals surface area (Å²) < 4.78 is 1.95. The van der Waals surface area contributed by atoms with Crippen molar-refractivity contribution < 1.29 is 0 Å². The summed E-state index contributed by atoms with van der Waals surface area (Å²) in [7, 11) is 0. The number of rotatable bonds is 0. The van der Waals surface area contributed by atoms with Gasteiger partial charge in [-0.15, -0.1) is 10.2 Å². The molecule has 0 aliphatic heterocycles. The zero-order valence-corrected chi connectivity index (χ0v) is 8.15. The summed E-state index contributed by atoms with van der Waals surface area (Å²) >= 11 is 0. The largest absolute Gasteiger partial charge is 0.289 e. The van der Waals surface area contributed by atoms with Crippen molar-refractivity contribution in [1.29, 1.82) is 0 Å². The minimum Gasteiger partial charge on any atom is -0.289 e. The van der Waals surface area contributed by atoms with Crippen LogP contribution in [0.15, 0.2) is 24.7 Å². The van der Waals surface area contributed by atoms with Gasteiger partial charge in [-0.25, -0.2) is 0 Å². The van der Waals surface area contributed by atoms with Gasteiger partial charge < -0.3 is 0 Å². The summed E-state index contributed by atoms with van der Waals surface area (Å²) in [6.07, 6.45) is 3.81. The predicted octanol–water partition coefficient (Wildman–Crippen LogP) is 2.03. The highest BCUT2D eigenvalue weighted by atomic mass is 15.2. The van der Waals surface area contributed by atoms with E-state index in [0.29, 0.717) is 0 Å². The smallest absolute Gasteiger partial charge is 0.160 e. The Morgan fingerprint density at radius 2 is 2.00 bits per heavy atom. The van der Waals surface area contributed by atoms with Crippen molar-refractivity contribution in [2.45, 2.75) is 26.2 Å². The summed E-state index contributed by atoms with van der Waals surface area (Å²) in [5.74, 6) is 0. The molecule has 13 heavy (non-hydrogen) atoms. The summed E-state index contributed by atoms with van der Waals surface area (Å²) in [5.41, 5.74) is 2.37. The first-order valence-electron chi connectivity index (χ1n) is 4.37. The van der Waals surface area contributed by atoms with Gasteiger partial charge in [-0.2, -0.15) is 0 Å². The van der Waals surface area contributed by atoms with E-state index in [0.717, 1.165) is 5.65 Å². The van der Waals surface area contributed by atoms with Crippen LogP contribution < -0.4 is 0 Å². The Labute approximate surface area is 77.4 Å². The second-order valence-electron chi connectivity index (χ2n) is 4.26. The van der Waals surface area contributed by atoms with E-state index in [-0.39, 0.29) is 5.41 Å². The van der Waals surface area contributed by atoms with Gasteiger partial charge in [0.25, 0.3) is 0 Å². The van der Waals surface area contributed by atoms with Crippen LogP contribution in [-0.2, 0) is 5.41 Å². The van der Waals surface area contributed by atoms with Gasteiger partial charge in [0.2, 0.25) is 0 Å². The molecule has 0 aliphatic carbocycles. The maximum atomic E-state index is 3.95. The van der Waals surface area contributed by atoms with Gasteiger partial charge in [0.05, 0.1) is 0 Å². The lowest BCUT2D eigenvalue weighted by atomic mass is 9.88. The van der Waals surface area contributed by atoms with Crippen molar-refractivity contribution in [1.82, 2.24) is 14.6 Å². The van der Waals surface area contributed by atoms with Crippen molar-refractivity contribution in [2.24, 2.45) is 0 Å². The monoisotopic (exact) mass is 175 g/mol. The lowest BCUT2D eigenvalue weighted by Gasteiger charge is -2.18. The van der Waals surface area contributed by atoms with E-state index >= 15 is 0 Å². The van der Waals surface area contributed by atoms with Crippen LogP contribution in [0.5, 0.6) is 0 Å². The minimum absolute atomic E-state index is 0.179. The molecule has 0 spiro atoms. The van der Waals surface area contributed by atoms with Crippen LogP contribution in [-0.4, -0.2) is 14.6 Å². The molecule has 3 nitrogen and oxygen atoms in total. The zero-order valence-electron chi connectivity index (χ0n) is 8.15. The molecule has 0 atom stereocenters.